The van der Waals surface area contributed by atoms with Gasteiger partial charge in [0.2, 0.25) is 10.0 Å². The molecule has 0 bridgehead atoms. The van der Waals surface area contributed by atoms with Crippen molar-refractivity contribution in [2.45, 2.75) is 18.2 Å². The fourth-order valence-electron chi connectivity index (χ4n) is 2.45. The van der Waals surface area contributed by atoms with Crippen LogP contribution < -0.4 is 14.4 Å². The summed E-state index contributed by atoms with van der Waals surface area (Å²) in [5.41, 5.74) is 0.723. The van der Waals surface area contributed by atoms with Crippen molar-refractivity contribution in [3.63, 3.8) is 0 Å². The zero-order valence-electron chi connectivity index (χ0n) is 12.3. The van der Waals surface area contributed by atoms with Gasteiger partial charge >= 0.3 is 0 Å². The molecule has 0 radical (unpaired) electrons. The lowest BCUT2D eigenvalue weighted by Crippen LogP contribution is -2.43. The number of benzene rings is 2. The average Bonchev–Trinajstić information content (AvgIpc) is 2.52. The quantitative estimate of drug-likeness (QED) is 0.941. The summed E-state index contributed by atoms with van der Waals surface area (Å²) in [4.78, 5) is 2.28. The second kappa shape index (κ2) is 5.98. The Morgan fingerprint density at radius 2 is 1.91 bits per heavy atom. The number of fused-ring (bicyclic) bond motifs is 1. The molecule has 116 valence electrons. The first-order valence-corrected chi connectivity index (χ1v) is 8.70. The Bertz CT molecular complexity index is 760. The number of para-hydroxylation sites is 1. The Morgan fingerprint density at radius 3 is 2.64 bits per heavy atom. The largest absolute Gasteiger partial charge is 0.457 e. The number of rotatable bonds is 4. The predicted molar refractivity (Wildman–Crippen MR) is 85.8 cm³/mol. The first-order chi connectivity index (χ1) is 10.6. The van der Waals surface area contributed by atoms with Crippen LogP contribution in [-0.4, -0.2) is 21.6 Å². The standard InChI is InChI=1S/C16H18N2O3S/c1-2-10-18-12-17-22(19,20)16-11-14(8-9-15(16)18)21-13-6-4-3-5-7-13/h3-9,11,17H,2,10,12H2,1H3. The number of ether oxygens (including phenoxy) is 1. The monoisotopic (exact) mass is 318 g/mol. The van der Waals surface area contributed by atoms with Crippen LogP contribution in [0.3, 0.4) is 0 Å². The van der Waals surface area contributed by atoms with E-state index in [-0.39, 0.29) is 4.90 Å². The molecule has 1 N–H and O–H groups in total. The van der Waals surface area contributed by atoms with Crippen molar-refractivity contribution in [1.29, 1.82) is 0 Å². The third kappa shape index (κ3) is 2.93. The molecule has 0 unspecified atom stereocenters. The highest BCUT2D eigenvalue weighted by Gasteiger charge is 2.28. The molecule has 0 aromatic heterocycles. The van der Waals surface area contributed by atoms with Gasteiger partial charge in [0.1, 0.15) is 16.4 Å². The van der Waals surface area contributed by atoms with Gasteiger partial charge in [0.15, 0.2) is 0 Å². The Kier molecular flexibility index (Phi) is 4.04. The molecule has 0 spiro atoms. The van der Waals surface area contributed by atoms with Crippen LogP contribution in [0.5, 0.6) is 11.5 Å². The maximum Gasteiger partial charge on any atom is 0.244 e. The number of nitrogens with one attached hydrogen (secondary N) is 1. The number of nitrogens with zero attached hydrogens (tertiary/aromatic N) is 1. The maximum atomic E-state index is 12.2. The minimum absolute atomic E-state index is 0.264. The summed E-state index contributed by atoms with van der Waals surface area (Å²) < 4.78 is 32.8. The van der Waals surface area contributed by atoms with Gasteiger partial charge in [-0.05, 0) is 30.7 Å². The van der Waals surface area contributed by atoms with E-state index in [1.165, 1.54) is 0 Å². The SMILES string of the molecule is CCCN1CNS(=O)(=O)c2cc(Oc3ccccc3)ccc21. The van der Waals surface area contributed by atoms with Gasteiger partial charge in [0, 0.05) is 12.6 Å². The number of hydrogen-bond donors (Lipinski definition) is 1. The maximum absolute atomic E-state index is 12.2. The zero-order valence-corrected chi connectivity index (χ0v) is 13.1. The van der Waals surface area contributed by atoms with E-state index in [2.05, 4.69) is 11.6 Å². The third-order valence-corrected chi connectivity index (χ3v) is 4.89. The predicted octanol–water partition coefficient (Wildman–Crippen LogP) is 2.94. The Labute approximate surface area is 130 Å². The molecule has 2 aromatic rings. The Balaban J connectivity index is 1.97. The minimum Gasteiger partial charge on any atom is -0.457 e. The molecule has 1 heterocycles. The number of hydrogen-bond acceptors (Lipinski definition) is 4. The van der Waals surface area contributed by atoms with Crippen molar-refractivity contribution in [3.8, 4) is 11.5 Å². The lowest BCUT2D eigenvalue weighted by Gasteiger charge is -2.31. The van der Waals surface area contributed by atoms with Crippen LogP contribution in [0.25, 0.3) is 0 Å². The van der Waals surface area contributed by atoms with Crippen LogP contribution in [0, 0.1) is 0 Å². The first-order valence-electron chi connectivity index (χ1n) is 7.22. The van der Waals surface area contributed by atoms with E-state index >= 15 is 0 Å². The Hall–Kier alpha value is -2.05. The molecule has 0 saturated carbocycles. The molecule has 0 aliphatic carbocycles. The summed E-state index contributed by atoms with van der Waals surface area (Å²) in [5.74, 6) is 1.18. The topological polar surface area (TPSA) is 58.6 Å². The van der Waals surface area contributed by atoms with Crippen molar-refractivity contribution >= 4 is 15.7 Å². The molecule has 0 atom stereocenters. The average molecular weight is 318 g/mol. The summed E-state index contributed by atoms with van der Waals surface area (Å²) in [6.07, 6.45) is 0.948. The van der Waals surface area contributed by atoms with E-state index in [4.69, 9.17) is 4.74 Å². The van der Waals surface area contributed by atoms with Crippen LogP contribution >= 0.6 is 0 Å². The van der Waals surface area contributed by atoms with Crippen LogP contribution in [0.4, 0.5) is 5.69 Å². The summed E-state index contributed by atoms with van der Waals surface area (Å²) in [6, 6.07) is 14.5. The second-order valence-electron chi connectivity index (χ2n) is 5.11. The third-order valence-electron chi connectivity index (χ3n) is 3.48. The van der Waals surface area contributed by atoms with Gasteiger partial charge in [-0.15, -0.1) is 0 Å². The molecule has 6 heteroatoms. The van der Waals surface area contributed by atoms with Crippen LogP contribution in [0.1, 0.15) is 13.3 Å². The van der Waals surface area contributed by atoms with Crippen molar-refractivity contribution in [2.24, 2.45) is 0 Å². The van der Waals surface area contributed by atoms with Gasteiger partial charge in [-0.25, -0.2) is 8.42 Å². The minimum atomic E-state index is -3.48. The molecule has 5 nitrogen and oxygen atoms in total. The van der Waals surface area contributed by atoms with Gasteiger partial charge < -0.3 is 9.64 Å². The first kappa shape index (κ1) is 14.9. The molecule has 3 rings (SSSR count). The summed E-state index contributed by atoms with van der Waals surface area (Å²) in [5, 5.41) is 0. The molecule has 2 aromatic carbocycles. The second-order valence-corrected chi connectivity index (χ2v) is 6.85. The highest BCUT2D eigenvalue weighted by Crippen LogP contribution is 2.33. The van der Waals surface area contributed by atoms with E-state index in [9.17, 15) is 8.42 Å². The molecule has 0 fully saturated rings. The van der Waals surface area contributed by atoms with Gasteiger partial charge in [-0.3, -0.25) is 0 Å². The van der Waals surface area contributed by atoms with E-state index in [0.29, 0.717) is 18.2 Å². The van der Waals surface area contributed by atoms with E-state index < -0.39 is 10.0 Å². The fraction of sp³-hybridized carbons (Fsp3) is 0.250. The summed E-state index contributed by atoms with van der Waals surface area (Å²) in [6.45, 7) is 3.17. The molecule has 1 aliphatic heterocycles. The summed E-state index contributed by atoms with van der Waals surface area (Å²) in [7, 11) is -3.48. The van der Waals surface area contributed by atoms with Crippen LogP contribution in [0.15, 0.2) is 53.4 Å². The van der Waals surface area contributed by atoms with E-state index in [1.807, 2.05) is 41.3 Å². The molecule has 0 saturated heterocycles. The Morgan fingerprint density at radius 1 is 1.14 bits per heavy atom. The summed E-state index contributed by atoms with van der Waals surface area (Å²) >= 11 is 0. The van der Waals surface area contributed by atoms with Gasteiger partial charge in [0.05, 0.1) is 12.4 Å². The molecular weight excluding hydrogens is 300 g/mol. The smallest absolute Gasteiger partial charge is 0.244 e. The van der Waals surface area contributed by atoms with Gasteiger partial charge in [0.25, 0.3) is 0 Å². The molecule has 22 heavy (non-hydrogen) atoms. The lowest BCUT2D eigenvalue weighted by molar-refractivity contribution is 0.480. The van der Waals surface area contributed by atoms with Crippen LogP contribution in [-0.2, 0) is 10.0 Å². The number of sulfonamides is 1. The van der Waals surface area contributed by atoms with E-state index in [0.717, 1.165) is 18.7 Å². The molecule has 1 aliphatic rings. The van der Waals surface area contributed by atoms with Crippen molar-refractivity contribution in [2.75, 3.05) is 18.1 Å². The highest BCUT2D eigenvalue weighted by molar-refractivity contribution is 7.89. The van der Waals surface area contributed by atoms with Crippen molar-refractivity contribution in [1.82, 2.24) is 4.72 Å². The normalized spacial score (nSPS) is 16.1. The van der Waals surface area contributed by atoms with Crippen molar-refractivity contribution in [3.05, 3.63) is 48.5 Å². The lowest BCUT2D eigenvalue weighted by atomic mass is 10.2. The van der Waals surface area contributed by atoms with Crippen LogP contribution in [0.2, 0.25) is 0 Å². The highest BCUT2D eigenvalue weighted by atomic mass is 32.2. The van der Waals surface area contributed by atoms with Gasteiger partial charge in [-0.2, -0.15) is 4.72 Å². The number of anilines is 1. The van der Waals surface area contributed by atoms with Gasteiger partial charge in [-0.1, -0.05) is 25.1 Å². The van der Waals surface area contributed by atoms with E-state index in [1.54, 1.807) is 12.1 Å². The molecule has 0 amide bonds. The zero-order chi connectivity index (χ0) is 15.6. The fourth-order valence-corrected chi connectivity index (χ4v) is 3.68. The van der Waals surface area contributed by atoms with Crippen molar-refractivity contribution < 1.29 is 13.2 Å². The molecular formula is C16H18N2O3S.